The van der Waals surface area contributed by atoms with E-state index in [0.29, 0.717) is 0 Å². The van der Waals surface area contributed by atoms with Crippen LogP contribution < -0.4 is 0 Å². The SMILES string of the molecule is CCC(F)(F)/C(F)=C(\F)C(C)(F)F. The van der Waals surface area contributed by atoms with E-state index >= 15 is 0 Å². The van der Waals surface area contributed by atoms with Gasteiger partial charge in [0, 0.05) is 13.3 Å². The Kier molecular flexibility index (Phi) is 3.40. The third-order valence-electron chi connectivity index (χ3n) is 1.34. The van der Waals surface area contributed by atoms with Gasteiger partial charge in [-0.2, -0.15) is 17.6 Å². The van der Waals surface area contributed by atoms with Gasteiger partial charge in [0.2, 0.25) is 11.7 Å². The largest absolute Gasteiger partial charge is 0.301 e. The van der Waals surface area contributed by atoms with Gasteiger partial charge in [-0.25, -0.2) is 8.78 Å². The first-order chi connectivity index (χ1) is 5.63. The van der Waals surface area contributed by atoms with E-state index in [1.165, 1.54) is 0 Å². The van der Waals surface area contributed by atoms with E-state index in [4.69, 9.17) is 0 Å². The monoisotopic (exact) mass is 206 g/mol. The molecule has 13 heavy (non-hydrogen) atoms. The van der Waals surface area contributed by atoms with Crippen LogP contribution in [-0.2, 0) is 0 Å². The van der Waals surface area contributed by atoms with Gasteiger partial charge in [-0.3, -0.25) is 0 Å². The van der Waals surface area contributed by atoms with E-state index in [0.717, 1.165) is 6.92 Å². The number of alkyl halides is 4. The van der Waals surface area contributed by atoms with Gasteiger partial charge < -0.3 is 0 Å². The topological polar surface area (TPSA) is 0 Å². The van der Waals surface area contributed by atoms with Gasteiger partial charge in [-0.05, 0) is 0 Å². The maximum Gasteiger partial charge on any atom is 0.301 e. The Morgan fingerprint density at radius 1 is 1.00 bits per heavy atom. The van der Waals surface area contributed by atoms with Gasteiger partial charge in [0.15, 0.2) is 0 Å². The molecule has 0 heterocycles. The van der Waals surface area contributed by atoms with E-state index in [1.807, 2.05) is 0 Å². The minimum atomic E-state index is -4.21. The highest BCUT2D eigenvalue weighted by atomic mass is 19.3. The molecule has 0 amide bonds. The normalized spacial score (nSPS) is 15.7. The Morgan fingerprint density at radius 2 is 1.38 bits per heavy atom. The van der Waals surface area contributed by atoms with Crippen LogP contribution in [0.3, 0.4) is 0 Å². The second-order valence-electron chi connectivity index (χ2n) is 2.57. The Hall–Kier alpha value is -0.680. The second kappa shape index (κ2) is 3.59. The van der Waals surface area contributed by atoms with Crippen molar-refractivity contribution in [2.45, 2.75) is 32.1 Å². The summed E-state index contributed by atoms with van der Waals surface area (Å²) in [5.41, 5.74) is 0. The summed E-state index contributed by atoms with van der Waals surface area (Å²) in [6.45, 7) is 0.869. The summed E-state index contributed by atoms with van der Waals surface area (Å²) < 4.78 is 73.3. The number of halogens is 6. The lowest BCUT2D eigenvalue weighted by atomic mass is 10.2. The molecule has 0 aromatic rings. The van der Waals surface area contributed by atoms with E-state index < -0.39 is 29.9 Å². The lowest BCUT2D eigenvalue weighted by molar-refractivity contribution is -0.0121. The quantitative estimate of drug-likeness (QED) is 0.615. The number of hydrogen-bond donors (Lipinski definition) is 0. The summed E-state index contributed by atoms with van der Waals surface area (Å²) in [4.78, 5) is 0. The lowest BCUT2D eigenvalue weighted by Crippen LogP contribution is -2.22. The third-order valence-corrected chi connectivity index (χ3v) is 1.34. The van der Waals surface area contributed by atoms with Crippen LogP contribution in [-0.4, -0.2) is 11.8 Å². The van der Waals surface area contributed by atoms with Gasteiger partial charge in [0.25, 0.3) is 5.92 Å². The zero-order valence-corrected chi connectivity index (χ0v) is 6.97. The summed E-state index contributed by atoms with van der Waals surface area (Å²) in [6, 6.07) is 0. The maximum absolute atomic E-state index is 12.3. The number of allylic oxidation sites excluding steroid dienone is 2. The van der Waals surface area contributed by atoms with E-state index in [-0.39, 0.29) is 6.92 Å². The van der Waals surface area contributed by atoms with Crippen LogP contribution in [0, 0.1) is 0 Å². The van der Waals surface area contributed by atoms with Crippen LogP contribution in [0.15, 0.2) is 11.7 Å². The highest BCUT2D eigenvalue weighted by molar-refractivity contribution is 5.14. The molecule has 0 aliphatic heterocycles. The van der Waals surface area contributed by atoms with Gasteiger partial charge in [0.1, 0.15) is 0 Å². The van der Waals surface area contributed by atoms with Crippen molar-refractivity contribution in [2.24, 2.45) is 0 Å². The minimum Gasteiger partial charge on any atom is -0.202 e. The molecular weight excluding hydrogens is 198 g/mol. The molecule has 6 heteroatoms. The molecule has 0 N–H and O–H groups in total. The van der Waals surface area contributed by atoms with E-state index in [2.05, 4.69) is 0 Å². The summed E-state index contributed by atoms with van der Waals surface area (Å²) in [5, 5.41) is 0. The highest BCUT2D eigenvalue weighted by Crippen LogP contribution is 2.37. The van der Waals surface area contributed by atoms with Crippen molar-refractivity contribution in [2.75, 3.05) is 0 Å². The first-order valence-corrected chi connectivity index (χ1v) is 3.44. The van der Waals surface area contributed by atoms with Gasteiger partial charge in [-0.15, -0.1) is 0 Å². The van der Waals surface area contributed by atoms with Crippen molar-refractivity contribution in [3.05, 3.63) is 11.7 Å². The van der Waals surface area contributed by atoms with Crippen LogP contribution in [0.2, 0.25) is 0 Å². The van der Waals surface area contributed by atoms with Crippen molar-refractivity contribution < 1.29 is 26.3 Å². The van der Waals surface area contributed by atoms with E-state index in [9.17, 15) is 26.3 Å². The third kappa shape index (κ3) is 2.93. The Balaban J connectivity index is 5.04. The number of rotatable bonds is 3. The fraction of sp³-hybridized carbons (Fsp3) is 0.714. The Morgan fingerprint density at radius 3 is 1.62 bits per heavy atom. The molecule has 0 bridgehead atoms. The summed E-state index contributed by atoms with van der Waals surface area (Å²) >= 11 is 0. The van der Waals surface area contributed by atoms with Crippen molar-refractivity contribution in [1.29, 1.82) is 0 Å². The standard InChI is InChI=1S/C7H8F6/c1-3-7(12,13)5(9)4(8)6(2,10)11/h3H2,1-2H3/b5-4+. The first kappa shape index (κ1) is 12.3. The zero-order valence-electron chi connectivity index (χ0n) is 6.97. The van der Waals surface area contributed by atoms with Crippen LogP contribution in [0.1, 0.15) is 20.3 Å². The van der Waals surface area contributed by atoms with Crippen molar-refractivity contribution in [3.63, 3.8) is 0 Å². The minimum absolute atomic E-state index is 0.00759. The highest BCUT2D eigenvalue weighted by Gasteiger charge is 2.42. The van der Waals surface area contributed by atoms with Gasteiger partial charge in [-0.1, -0.05) is 6.92 Å². The van der Waals surface area contributed by atoms with Crippen LogP contribution in [0.25, 0.3) is 0 Å². The molecule has 0 aromatic heterocycles. The van der Waals surface area contributed by atoms with Crippen molar-refractivity contribution >= 4 is 0 Å². The molecule has 0 aliphatic rings. The van der Waals surface area contributed by atoms with Gasteiger partial charge in [0.05, 0.1) is 0 Å². The molecular formula is C7H8F6. The molecule has 0 unspecified atom stereocenters. The molecule has 0 atom stereocenters. The molecule has 78 valence electrons. The zero-order chi connectivity index (χ0) is 10.9. The van der Waals surface area contributed by atoms with Crippen LogP contribution >= 0.6 is 0 Å². The maximum atomic E-state index is 12.3. The first-order valence-electron chi connectivity index (χ1n) is 3.44. The van der Waals surface area contributed by atoms with Crippen LogP contribution in [0.5, 0.6) is 0 Å². The molecule has 0 aromatic carbocycles. The predicted octanol–water partition coefficient (Wildman–Crippen LogP) is 3.84. The van der Waals surface area contributed by atoms with Gasteiger partial charge >= 0.3 is 5.92 Å². The molecule has 0 saturated heterocycles. The smallest absolute Gasteiger partial charge is 0.202 e. The average molecular weight is 206 g/mol. The molecule has 0 nitrogen and oxygen atoms in total. The van der Waals surface area contributed by atoms with E-state index in [1.54, 1.807) is 0 Å². The molecule has 0 spiro atoms. The van der Waals surface area contributed by atoms with Crippen molar-refractivity contribution in [1.82, 2.24) is 0 Å². The predicted molar refractivity (Wildman–Crippen MR) is 35.1 cm³/mol. The lowest BCUT2D eigenvalue weighted by Gasteiger charge is -2.15. The summed E-state index contributed by atoms with van der Waals surface area (Å²) in [5.74, 6) is -13.8. The summed E-state index contributed by atoms with van der Waals surface area (Å²) in [6.07, 6.45) is -1.07. The average Bonchev–Trinajstić information content (AvgIpc) is 2.00. The van der Waals surface area contributed by atoms with Crippen LogP contribution in [0.4, 0.5) is 26.3 Å². The molecule has 0 radical (unpaired) electrons. The fourth-order valence-electron chi connectivity index (χ4n) is 0.508. The number of hydrogen-bond acceptors (Lipinski definition) is 0. The second-order valence-corrected chi connectivity index (χ2v) is 2.57. The fourth-order valence-corrected chi connectivity index (χ4v) is 0.508. The molecule has 0 fully saturated rings. The summed E-state index contributed by atoms with van der Waals surface area (Å²) in [7, 11) is 0. The molecule has 0 aliphatic carbocycles. The Bertz CT molecular complexity index is 212. The Labute approximate surface area is 71.2 Å². The molecule has 0 saturated carbocycles. The van der Waals surface area contributed by atoms with Crippen molar-refractivity contribution in [3.8, 4) is 0 Å². The molecule has 0 rings (SSSR count).